The van der Waals surface area contributed by atoms with Gasteiger partial charge < -0.3 is 9.47 Å². The molecular formula is C14H20N2O2. The van der Waals surface area contributed by atoms with Crippen LogP contribution in [-0.4, -0.2) is 34.7 Å². The van der Waals surface area contributed by atoms with Crippen LogP contribution in [0.1, 0.15) is 42.1 Å². The molecule has 0 fully saturated rings. The number of amides is 1. The minimum Gasteiger partial charge on any atom is -0.344 e. The predicted octanol–water partition coefficient (Wildman–Crippen LogP) is 1.88. The largest absolute Gasteiger partial charge is 0.344 e. The number of fused-ring (bicyclic) bond motifs is 1. The highest BCUT2D eigenvalue weighted by Gasteiger charge is 2.18. The quantitative estimate of drug-likeness (QED) is 0.766. The number of carbonyl (C=O) groups excluding carboxylic acids is 2. The maximum absolute atomic E-state index is 11.9. The van der Waals surface area contributed by atoms with Crippen LogP contribution in [0.5, 0.6) is 0 Å². The van der Waals surface area contributed by atoms with Gasteiger partial charge in [0.05, 0.1) is 0 Å². The predicted molar refractivity (Wildman–Crippen MR) is 69.6 cm³/mol. The van der Waals surface area contributed by atoms with Crippen molar-refractivity contribution in [3.8, 4) is 0 Å². The molecule has 1 aromatic rings. The molecule has 0 radical (unpaired) electrons. The van der Waals surface area contributed by atoms with Crippen LogP contribution >= 0.6 is 0 Å². The molecule has 0 atom stereocenters. The second-order valence-electron chi connectivity index (χ2n) is 4.91. The van der Waals surface area contributed by atoms with Crippen LogP contribution < -0.4 is 0 Å². The molecule has 0 spiro atoms. The first kappa shape index (κ1) is 12.9. The zero-order valence-electron chi connectivity index (χ0n) is 11.1. The lowest BCUT2D eigenvalue weighted by atomic mass is 10.1. The van der Waals surface area contributed by atoms with Gasteiger partial charge in [0.25, 0.3) is 0 Å². The number of nitrogens with zero attached hydrogens (tertiary/aromatic N) is 2. The first-order valence-corrected chi connectivity index (χ1v) is 6.57. The highest BCUT2D eigenvalue weighted by Crippen LogP contribution is 2.21. The van der Waals surface area contributed by atoms with E-state index in [4.69, 9.17) is 0 Å². The van der Waals surface area contributed by atoms with Crippen LogP contribution in [0.25, 0.3) is 0 Å². The van der Waals surface area contributed by atoms with Gasteiger partial charge in [-0.25, -0.2) is 0 Å². The Labute approximate surface area is 108 Å². The third kappa shape index (κ3) is 2.63. The average molecular weight is 248 g/mol. The van der Waals surface area contributed by atoms with E-state index in [1.165, 1.54) is 0 Å². The van der Waals surface area contributed by atoms with Gasteiger partial charge >= 0.3 is 0 Å². The zero-order valence-corrected chi connectivity index (χ0v) is 11.1. The van der Waals surface area contributed by atoms with E-state index in [9.17, 15) is 9.59 Å². The molecule has 1 amide bonds. The van der Waals surface area contributed by atoms with Crippen molar-refractivity contribution in [1.29, 1.82) is 0 Å². The van der Waals surface area contributed by atoms with Gasteiger partial charge in [-0.2, -0.15) is 0 Å². The average Bonchev–Trinajstić information content (AvgIpc) is 2.68. The molecule has 1 aromatic heterocycles. The fourth-order valence-corrected chi connectivity index (χ4v) is 2.29. The van der Waals surface area contributed by atoms with Crippen molar-refractivity contribution in [3.05, 3.63) is 23.5 Å². The van der Waals surface area contributed by atoms with E-state index in [1.54, 1.807) is 11.9 Å². The Bertz CT molecular complexity index is 462. The summed E-state index contributed by atoms with van der Waals surface area (Å²) in [5, 5.41) is 0. The summed E-state index contributed by atoms with van der Waals surface area (Å²) in [6.07, 6.45) is 7.42. The van der Waals surface area contributed by atoms with E-state index < -0.39 is 0 Å². The van der Waals surface area contributed by atoms with Crippen LogP contribution in [0.15, 0.2) is 12.4 Å². The molecular weight excluding hydrogens is 228 g/mol. The molecule has 1 aliphatic rings. The van der Waals surface area contributed by atoms with Gasteiger partial charge in [0.15, 0.2) is 5.78 Å². The molecule has 0 bridgehead atoms. The standard InChI is InChI=1S/C14H20N2O2/c1-3-15(2)14(18)10-16-8-11-6-4-5-7-13(17)12(11)9-16/h8-9H,3-7,10H2,1-2H3. The number of Topliss-reactive ketones (excluding diaryl/α,β-unsaturated/α-hetero) is 1. The Morgan fingerprint density at radius 1 is 1.33 bits per heavy atom. The summed E-state index contributed by atoms with van der Waals surface area (Å²) in [5.74, 6) is 0.299. The number of aromatic nitrogens is 1. The lowest BCUT2D eigenvalue weighted by Gasteiger charge is -2.14. The van der Waals surface area contributed by atoms with Crippen LogP contribution in [0, 0.1) is 0 Å². The minimum atomic E-state index is 0.0788. The number of hydrogen-bond acceptors (Lipinski definition) is 2. The lowest BCUT2D eigenvalue weighted by Crippen LogP contribution is -2.29. The summed E-state index contributed by atoms with van der Waals surface area (Å²) in [4.78, 5) is 25.4. The minimum absolute atomic E-state index is 0.0788. The van der Waals surface area contributed by atoms with Crippen molar-refractivity contribution in [2.75, 3.05) is 13.6 Å². The van der Waals surface area contributed by atoms with E-state index in [2.05, 4.69) is 0 Å². The second-order valence-corrected chi connectivity index (χ2v) is 4.91. The van der Waals surface area contributed by atoms with E-state index in [0.29, 0.717) is 19.5 Å². The number of aryl methyl sites for hydroxylation is 1. The topological polar surface area (TPSA) is 42.3 Å². The summed E-state index contributed by atoms with van der Waals surface area (Å²) >= 11 is 0. The molecule has 0 saturated heterocycles. The summed E-state index contributed by atoms with van der Waals surface area (Å²) in [6, 6.07) is 0. The highest BCUT2D eigenvalue weighted by molar-refractivity contribution is 5.97. The maximum atomic E-state index is 11.9. The zero-order chi connectivity index (χ0) is 13.1. The van der Waals surface area contributed by atoms with Gasteiger partial charge in [0.2, 0.25) is 5.91 Å². The number of ketones is 1. The van der Waals surface area contributed by atoms with Crippen molar-refractivity contribution >= 4 is 11.7 Å². The van der Waals surface area contributed by atoms with Crippen LogP contribution in [-0.2, 0) is 17.8 Å². The van der Waals surface area contributed by atoms with Crippen molar-refractivity contribution < 1.29 is 9.59 Å². The first-order valence-electron chi connectivity index (χ1n) is 6.57. The molecule has 1 heterocycles. The number of carbonyl (C=O) groups is 2. The molecule has 0 saturated carbocycles. The van der Waals surface area contributed by atoms with E-state index >= 15 is 0 Å². The third-order valence-corrected chi connectivity index (χ3v) is 3.58. The number of hydrogen-bond donors (Lipinski definition) is 0. The van der Waals surface area contributed by atoms with Gasteiger partial charge in [-0.1, -0.05) is 0 Å². The first-order chi connectivity index (χ1) is 8.61. The Morgan fingerprint density at radius 3 is 2.78 bits per heavy atom. The number of likely N-dealkylation sites (N-methyl/N-ethyl adjacent to an activating group) is 1. The van der Waals surface area contributed by atoms with Crippen LogP contribution in [0.4, 0.5) is 0 Å². The molecule has 18 heavy (non-hydrogen) atoms. The Hall–Kier alpha value is -1.58. The third-order valence-electron chi connectivity index (χ3n) is 3.58. The normalized spacial score (nSPS) is 15.1. The SMILES string of the molecule is CCN(C)C(=O)Cn1cc2c(c1)C(=O)CCCC2. The summed E-state index contributed by atoms with van der Waals surface area (Å²) < 4.78 is 1.85. The second kappa shape index (κ2) is 5.38. The Kier molecular flexibility index (Phi) is 3.84. The molecule has 4 heteroatoms. The maximum Gasteiger partial charge on any atom is 0.242 e. The van der Waals surface area contributed by atoms with E-state index in [0.717, 1.165) is 30.4 Å². The van der Waals surface area contributed by atoms with Crippen molar-refractivity contribution in [2.24, 2.45) is 0 Å². The van der Waals surface area contributed by atoms with Gasteiger partial charge in [-0.3, -0.25) is 9.59 Å². The molecule has 0 aliphatic heterocycles. The van der Waals surface area contributed by atoms with Crippen LogP contribution in [0.3, 0.4) is 0 Å². The van der Waals surface area contributed by atoms with E-state index in [-0.39, 0.29) is 11.7 Å². The summed E-state index contributed by atoms with van der Waals surface area (Å²) in [5.41, 5.74) is 1.92. The summed E-state index contributed by atoms with van der Waals surface area (Å²) in [7, 11) is 1.79. The highest BCUT2D eigenvalue weighted by atomic mass is 16.2. The molecule has 2 rings (SSSR count). The fraction of sp³-hybridized carbons (Fsp3) is 0.571. The molecule has 0 unspecified atom stereocenters. The lowest BCUT2D eigenvalue weighted by molar-refractivity contribution is -0.130. The Morgan fingerprint density at radius 2 is 2.06 bits per heavy atom. The Balaban J connectivity index is 2.14. The molecule has 1 aliphatic carbocycles. The van der Waals surface area contributed by atoms with E-state index in [1.807, 2.05) is 23.9 Å². The smallest absolute Gasteiger partial charge is 0.242 e. The van der Waals surface area contributed by atoms with Crippen LogP contribution in [0.2, 0.25) is 0 Å². The van der Waals surface area contributed by atoms with Gasteiger partial charge in [-0.05, 0) is 31.7 Å². The van der Waals surface area contributed by atoms with Gasteiger partial charge in [0.1, 0.15) is 6.54 Å². The molecule has 4 nitrogen and oxygen atoms in total. The van der Waals surface area contributed by atoms with Crippen molar-refractivity contribution in [2.45, 2.75) is 39.2 Å². The van der Waals surface area contributed by atoms with Gasteiger partial charge in [-0.15, -0.1) is 0 Å². The van der Waals surface area contributed by atoms with Gasteiger partial charge in [0, 0.05) is 38.0 Å². The van der Waals surface area contributed by atoms with Crippen molar-refractivity contribution in [3.63, 3.8) is 0 Å². The molecule has 0 aromatic carbocycles. The summed E-state index contributed by atoms with van der Waals surface area (Å²) in [6.45, 7) is 2.98. The molecule has 0 N–H and O–H groups in total. The fourth-order valence-electron chi connectivity index (χ4n) is 2.29. The number of rotatable bonds is 3. The monoisotopic (exact) mass is 248 g/mol. The molecule has 98 valence electrons. The van der Waals surface area contributed by atoms with Crippen molar-refractivity contribution in [1.82, 2.24) is 9.47 Å².